The Morgan fingerprint density at radius 3 is 1.74 bits per heavy atom. The highest BCUT2D eigenvalue weighted by molar-refractivity contribution is 5.70. The molecule has 0 aliphatic carbocycles. The van der Waals surface area contributed by atoms with Gasteiger partial charge < -0.3 is 28.6 Å². The number of carboxylic acid groups (broad SMARTS) is 1. The first-order valence-corrected chi connectivity index (χ1v) is 20.3. The number of carbonyl (C=O) groups excluding carboxylic acids is 3. The first-order chi connectivity index (χ1) is 26.1. The van der Waals surface area contributed by atoms with Gasteiger partial charge in [0.25, 0.3) is 0 Å². The molecule has 0 aliphatic heterocycles. The minimum Gasteiger partial charge on any atom is -0.544 e. The molecule has 2 atom stereocenters. The van der Waals surface area contributed by atoms with Crippen molar-refractivity contribution in [1.29, 1.82) is 0 Å². The maximum absolute atomic E-state index is 12.7. The molecule has 0 aromatic rings. The Morgan fingerprint density at radius 2 is 1.11 bits per heavy atom. The zero-order valence-corrected chi connectivity index (χ0v) is 34.3. The van der Waals surface area contributed by atoms with Crippen LogP contribution in [-0.2, 0) is 28.6 Å². The molecular formula is C46H73NO7. The summed E-state index contributed by atoms with van der Waals surface area (Å²) in [6.07, 6.45) is 47.2. The summed E-state index contributed by atoms with van der Waals surface area (Å²) in [4.78, 5) is 36.7. The monoisotopic (exact) mass is 752 g/mol. The maximum atomic E-state index is 12.7. The second-order valence-corrected chi connectivity index (χ2v) is 14.3. The van der Waals surface area contributed by atoms with Crippen molar-refractivity contribution in [3.05, 3.63) is 97.2 Å². The highest BCUT2D eigenvalue weighted by Gasteiger charge is 2.25. The molecule has 0 radical (unpaired) electrons. The minimum absolute atomic E-state index is 0.0107. The second-order valence-electron chi connectivity index (χ2n) is 14.3. The summed E-state index contributed by atoms with van der Waals surface area (Å²) < 4.78 is 17.0. The van der Waals surface area contributed by atoms with Gasteiger partial charge in [-0.05, 0) is 64.2 Å². The molecule has 8 nitrogen and oxygen atoms in total. The SMILES string of the molecule is CC/C=C/C/C=C/C/C=C/CCCCC(=O)OCC(COCCC(C(=O)[O-])[N+](C)(C)C)OC(=O)CCCCCCC/C=C/C=C/C=C/C=C/C=C/CCC. The highest BCUT2D eigenvalue weighted by atomic mass is 16.6. The number of carbonyl (C=O) groups is 3. The van der Waals surface area contributed by atoms with E-state index in [-0.39, 0.29) is 55.5 Å². The third-order valence-corrected chi connectivity index (χ3v) is 8.31. The first-order valence-electron chi connectivity index (χ1n) is 20.3. The number of allylic oxidation sites excluding steroid dienone is 16. The van der Waals surface area contributed by atoms with Crippen molar-refractivity contribution >= 4 is 17.9 Å². The van der Waals surface area contributed by atoms with Gasteiger partial charge in [-0.3, -0.25) is 9.59 Å². The Labute approximate surface area is 328 Å². The van der Waals surface area contributed by atoms with Gasteiger partial charge in [-0.25, -0.2) is 0 Å². The van der Waals surface area contributed by atoms with Crippen molar-refractivity contribution in [3.8, 4) is 0 Å². The molecule has 0 fully saturated rings. The summed E-state index contributed by atoms with van der Waals surface area (Å²) in [7, 11) is 5.36. The van der Waals surface area contributed by atoms with Gasteiger partial charge in [-0.2, -0.15) is 0 Å². The number of unbranched alkanes of at least 4 members (excludes halogenated alkanes) is 8. The summed E-state index contributed by atoms with van der Waals surface area (Å²) in [5, 5.41) is 11.6. The number of hydrogen-bond acceptors (Lipinski definition) is 7. The summed E-state index contributed by atoms with van der Waals surface area (Å²) in [5.74, 6) is -1.84. The summed E-state index contributed by atoms with van der Waals surface area (Å²) in [5.41, 5.74) is 0. The molecule has 0 amide bonds. The van der Waals surface area contributed by atoms with Crippen LogP contribution in [0.2, 0.25) is 0 Å². The van der Waals surface area contributed by atoms with Crippen LogP contribution in [0.15, 0.2) is 97.2 Å². The molecule has 0 bridgehead atoms. The largest absolute Gasteiger partial charge is 0.544 e. The molecule has 2 unspecified atom stereocenters. The molecule has 0 saturated carbocycles. The predicted octanol–water partition coefficient (Wildman–Crippen LogP) is 9.40. The molecular weight excluding hydrogens is 679 g/mol. The fraction of sp³-hybridized carbons (Fsp3) is 0.587. The van der Waals surface area contributed by atoms with E-state index in [0.29, 0.717) is 6.42 Å². The van der Waals surface area contributed by atoms with Crippen molar-refractivity contribution in [3.63, 3.8) is 0 Å². The van der Waals surface area contributed by atoms with E-state index in [0.717, 1.165) is 77.0 Å². The van der Waals surface area contributed by atoms with Gasteiger partial charge in [-0.15, -0.1) is 0 Å². The molecule has 0 N–H and O–H groups in total. The molecule has 8 heteroatoms. The second kappa shape index (κ2) is 36.2. The van der Waals surface area contributed by atoms with E-state index >= 15 is 0 Å². The van der Waals surface area contributed by atoms with E-state index in [1.807, 2.05) is 36.5 Å². The van der Waals surface area contributed by atoms with E-state index in [1.165, 1.54) is 6.42 Å². The van der Waals surface area contributed by atoms with Gasteiger partial charge >= 0.3 is 11.9 Å². The Hall–Kier alpha value is -3.75. The van der Waals surface area contributed by atoms with Crippen molar-refractivity contribution in [2.45, 2.75) is 135 Å². The van der Waals surface area contributed by atoms with Crippen molar-refractivity contribution in [2.75, 3.05) is 41.0 Å². The van der Waals surface area contributed by atoms with Crippen molar-refractivity contribution in [2.24, 2.45) is 0 Å². The van der Waals surface area contributed by atoms with E-state index < -0.39 is 18.1 Å². The number of quaternary nitrogens is 1. The average molecular weight is 752 g/mol. The third kappa shape index (κ3) is 34.0. The summed E-state index contributed by atoms with van der Waals surface area (Å²) in [6.45, 7) is 4.35. The van der Waals surface area contributed by atoms with Crippen LogP contribution in [0.3, 0.4) is 0 Å². The van der Waals surface area contributed by atoms with Crippen LogP contribution in [0.25, 0.3) is 0 Å². The van der Waals surface area contributed by atoms with Crippen LogP contribution in [0.5, 0.6) is 0 Å². The summed E-state index contributed by atoms with van der Waals surface area (Å²) >= 11 is 0. The Balaban J connectivity index is 4.52. The molecule has 54 heavy (non-hydrogen) atoms. The number of hydrogen-bond donors (Lipinski definition) is 0. The van der Waals surface area contributed by atoms with Gasteiger partial charge in [0.2, 0.25) is 0 Å². The van der Waals surface area contributed by atoms with Crippen LogP contribution in [0.4, 0.5) is 0 Å². The number of aliphatic carboxylic acids is 1. The predicted molar refractivity (Wildman–Crippen MR) is 221 cm³/mol. The lowest BCUT2D eigenvalue weighted by molar-refractivity contribution is -0.889. The lowest BCUT2D eigenvalue weighted by atomic mass is 10.1. The molecule has 0 saturated heterocycles. The maximum Gasteiger partial charge on any atom is 0.306 e. The number of ether oxygens (including phenoxy) is 3. The molecule has 0 rings (SSSR count). The smallest absolute Gasteiger partial charge is 0.306 e. The molecule has 0 heterocycles. The molecule has 0 aromatic heterocycles. The van der Waals surface area contributed by atoms with E-state index in [9.17, 15) is 19.5 Å². The zero-order valence-electron chi connectivity index (χ0n) is 34.3. The number of carboxylic acids is 1. The van der Waals surface area contributed by atoms with Crippen LogP contribution in [-0.4, -0.2) is 75.5 Å². The number of nitrogens with zero attached hydrogens (tertiary/aromatic N) is 1. The quantitative estimate of drug-likeness (QED) is 0.0212. The first kappa shape index (κ1) is 50.2. The Morgan fingerprint density at radius 1 is 0.593 bits per heavy atom. The Bertz CT molecular complexity index is 1200. The van der Waals surface area contributed by atoms with Crippen molar-refractivity contribution in [1.82, 2.24) is 0 Å². The van der Waals surface area contributed by atoms with Gasteiger partial charge in [-0.1, -0.05) is 137 Å². The van der Waals surface area contributed by atoms with E-state index in [2.05, 4.69) is 74.6 Å². The minimum atomic E-state index is -1.14. The van der Waals surface area contributed by atoms with Gasteiger partial charge in [0.05, 0.1) is 40.3 Å². The number of esters is 2. The molecule has 0 aliphatic rings. The fourth-order valence-corrected chi connectivity index (χ4v) is 5.17. The fourth-order valence-electron chi connectivity index (χ4n) is 5.17. The molecule has 0 spiro atoms. The molecule has 0 aromatic carbocycles. The van der Waals surface area contributed by atoms with Crippen LogP contribution < -0.4 is 5.11 Å². The lowest BCUT2D eigenvalue weighted by Crippen LogP contribution is -2.55. The highest BCUT2D eigenvalue weighted by Crippen LogP contribution is 2.11. The van der Waals surface area contributed by atoms with Crippen LogP contribution in [0, 0.1) is 0 Å². The van der Waals surface area contributed by atoms with E-state index in [4.69, 9.17) is 14.2 Å². The third-order valence-electron chi connectivity index (χ3n) is 8.31. The van der Waals surface area contributed by atoms with Gasteiger partial charge in [0.15, 0.2) is 6.10 Å². The number of likely N-dealkylation sites (N-methyl/N-ethyl adjacent to an activating group) is 1. The molecule has 304 valence electrons. The Kier molecular flexibility index (Phi) is 33.7. The normalized spacial score (nSPS) is 14.0. The van der Waals surface area contributed by atoms with Gasteiger partial charge in [0.1, 0.15) is 12.6 Å². The van der Waals surface area contributed by atoms with Gasteiger partial charge in [0, 0.05) is 19.3 Å². The zero-order chi connectivity index (χ0) is 40.0. The topological polar surface area (TPSA) is 102 Å². The summed E-state index contributed by atoms with van der Waals surface area (Å²) in [6, 6.07) is -0.742. The van der Waals surface area contributed by atoms with Crippen LogP contribution >= 0.6 is 0 Å². The van der Waals surface area contributed by atoms with Crippen molar-refractivity contribution < 1.29 is 38.2 Å². The van der Waals surface area contributed by atoms with Crippen LogP contribution in [0.1, 0.15) is 123 Å². The standard InChI is InChI=1S/C46H73NO7/c1-6-8-10-12-14-16-18-20-21-22-23-24-25-27-29-31-33-35-37-45(49)54-42(40-52-39-38-43(46(50)51)47(3,4)5)41-53-44(48)36-34-32-30-28-26-19-17-15-13-11-9-7-2/h9-12,14-18,20-24,26,28,42-43H,6-8,13,19,25,27,29-41H2,1-5H3/b11-9+,12-10+,16-14+,17-15+,20-18+,22-21+,24-23+,28-26+. The lowest BCUT2D eigenvalue weighted by Gasteiger charge is -2.34. The number of rotatable bonds is 34. The van der Waals surface area contributed by atoms with E-state index in [1.54, 1.807) is 21.1 Å². The average Bonchev–Trinajstić information content (AvgIpc) is 3.12.